The molecule has 0 radical (unpaired) electrons. The van der Waals surface area contributed by atoms with Crippen molar-refractivity contribution >= 4 is 17.0 Å². The van der Waals surface area contributed by atoms with E-state index in [0.717, 1.165) is 23.9 Å². The van der Waals surface area contributed by atoms with Gasteiger partial charge in [0.05, 0.1) is 5.52 Å². The summed E-state index contributed by atoms with van der Waals surface area (Å²) in [5, 5.41) is 4.66. The van der Waals surface area contributed by atoms with Gasteiger partial charge in [-0.05, 0) is 58.2 Å². The zero-order valence-corrected chi connectivity index (χ0v) is 13.6. The quantitative estimate of drug-likeness (QED) is 0.919. The van der Waals surface area contributed by atoms with Crippen LogP contribution < -0.4 is 5.32 Å². The molecule has 1 aromatic carbocycles. The van der Waals surface area contributed by atoms with Crippen molar-refractivity contribution in [3.8, 4) is 0 Å². The third-order valence-electron chi connectivity index (χ3n) is 4.01. The molecule has 1 unspecified atom stereocenters. The monoisotopic (exact) mass is 300 g/mol. The lowest BCUT2D eigenvalue weighted by atomic mass is 10.0. The van der Waals surface area contributed by atoms with Crippen LogP contribution >= 0.6 is 0 Å². The number of hydrogen-bond acceptors (Lipinski definition) is 3. The second-order valence-electron chi connectivity index (χ2n) is 7.02. The van der Waals surface area contributed by atoms with E-state index in [2.05, 4.69) is 11.4 Å². The summed E-state index contributed by atoms with van der Waals surface area (Å²) in [4.78, 5) is 12.4. The average Bonchev–Trinajstić information content (AvgIpc) is 3.06. The number of para-hydroxylation sites is 1. The van der Waals surface area contributed by atoms with Crippen LogP contribution in [0.5, 0.6) is 0 Å². The van der Waals surface area contributed by atoms with Gasteiger partial charge in [-0.2, -0.15) is 0 Å². The Morgan fingerprint density at radius 3 is 2.82 bits per heavy atom. The van der Waals surface area contributed by atoms with Crippen LogP contribution in [0.3, 0.4) is 0 Å². The predicted octanol–water partition coefficient (Wildman–Crippen LogP) is 3.72. The molecule has 1 atom stereocenters. The number of fused-ring (bicyclic) bond motifs is 1. The summed E-state index contributed by atoms with van der Waals surface area (Å²) in [7, 11) is 0. The Balaban J connectivity index is 1.94. The van der Waals surface area contributed by atoms with Crippen molar-refractivity contribution in [2.24, 2.45) is 0 Å². The lowest BCUT2D eigenvalue weighted by Crippen LogP contribution is -2.27. The van der Waals surface area contributed by atoms with Gasteiger partial charge >= 0.3 is 6.09 Å². The minimum atomic E-state index is -0.490. The van der Waals surface area contributed by atoms with Crippen molar-refractivity contribution < 1.29 is 9.53 Å². The van der Waals surface area contributed by atoms with Gasteiger partial charge in [-0.15, -0.1) is 0 Å². The maximum atomic E-state index is 12.4. The fraction of sp³-hybridized carbons (Fsp3) is 0.500. The van der Waals surface area contributed by atoms with Gasteiger partial charge in [0.25, 0.3) is 0 Å². The fourth-order valence-electron chi connectivity index (χ4n) is 3.07. The first-order valence-corrected chi connectivity index (χ1v) is 8.00. The van der Waals surface area contributed by atoms with Crippen LogP contribution in [0.2, 0.25) is 0 Å². The SMILES string of the molecule is CC(C)(C)OC(=O)n1cc(CC2CCCN2)c2ccccc21. The second kappa shape index (κ2) is 5.76. The highest BCUT2D eigenvalue weighted by atomic mass is 16.6. The van der Waals surface area contributed by atoms with E-state index >= 15 is 0 Å². The molecule has 118 valence electrons. The Kier molecular flexibility index (Phi) is 3.96. The molecule has 0 spiro atoms. The van der Waals surface area contributed by atoms with E-state index in [1.807, 2.05) is 45.2 Å². The standard InChI is InChI=1S/C18H24N2O2/c1-18(2,3)22-17(21)20-12-13(11-14-7-6-10-19-14)15-8-4-5-9-16(15)20/h4-5,8-9,12,14,19H,6-7,10-11H2,1-3H3. The molecule has 1 saturated heterocycles. The first kappa shape index (κ1) is 15.1. The summed E-state index contributed by atoms with van der Waals surface area (Å²) in [6, 6.07) is 8.55. The number of nitrogens with zero attached hydrogens (tertiary/aromatic N) is 1. The van der Waals surface area contributed by atoms with E-state index in [9.17, 15) is 4.79 Å². The first-order chi connectivity index (χ1) is 10.4. The number of carbonyl (C=O) groups excluding carboxylic acids is 1. The Labute approximate surface area is 131 Å². The number of hydrogen-bond donors (Lipinski definition) is 1. The van der Waals surface area contributed by atoms with E-state index in [0.29, 0.717) is 6.04 Å². The maximum absolute atomic E-state index is 12.4. The molecule has 2 aromatic rings. The highest BCUT2D eigenvalue weighted by Gasteiger charge is 2.22. The number of ether oxygens (including phenoxy) is 1. The second-order valence-corrected chi connectivity index (χ2v) is 7.02. The Hall–Kier alpha value is -1.81. The Morgan fingerprint density at radius 1 is 1.36 bits per heavy atom. The third-order valence-corrected chi connectivity index (χ3v) is 4.01. The van der Waals surface area contributed by atoms with Crippen molar-refractivity contribution in [1.82, 2.24) is 9.88 Å². The molecule has 3 rings (SSSR count). The molecule has 1 aromatic heterocycles. The van der Waals surface area contributed by atoms with E-state index in [-0.39, 0.29) is 6.09 Å². The van der Waals surface area contributed by atoms with Crippen LogP contribution in [0.1, 0.15) is 39.2 Å². The Bertz CT molecular complexity index is 676. The van der Waals surface area contributed by atoms with Crippen molar-refractivity contribution in [2.45, 2.75) is 51.7 Å². The van der Waals surface area contributed by atoms with E-state index in [1.54, 1.807) is 4.57 Å². The van der Waals surface area contributed by atoms with Crippen LogP contribution in [-0.4, -0.2) is 28.8 Å². The smallest absolute Gasteiger partial charge is 0.419 e. The van der Waals surface area contributed by atoms with E-state index in [4.69, 9.17) is 4.74 Å². The summed E-state index contributed by atoms with van der Waals surface area (Å²) in [5.74, 6) is 0. The van der Waals surface area contributed by atoms with Crippen molar-refractivity contribution in [1.29, 1.82) is 0 Å². The van der Waals surface area contributed by atoms with Crippen molar-refractivity contribution in [2.75, 3.05) is 6.54 Å². The molecule has 1 fully saturated rings. The summed E-state index contributed by atoms with van der Waals surface area (Å²) in [6.07, 6.45) is 5.02. The first-order valence-electron chi connectivity index (χ1n) is 8.00. The minimum absolute atomic E-state index is 0.311. The van der Waals surface area contributed by atoms with Gasteiger partial charge < -0.3 is 10.1 Å². The normalized spacial score (nSPS) is 18.8. The summed E-state index contributed by atoms with van der Waals surface area (Å²) in [6.45, 7) is 6.76. The zero-order valence-electron chi connectivity index (χ0n) is 13.6. The van der Waals surface area contributed by atoms with Crippen LogP contribution in [-0.2, 0) is 11.2 Å². The molecule has 4 nitrogen and oxygen atoms in total. The third kappa shape index (κ3) is 3.17. The molecule has 0 saturated carbocycles. The lowest BCUT2D eigenvalue weighted by Gasteiger charge is -2.19. The average molecular weight is 300 g/mol. The number of aromatic nitrogens is 1. The van der Waals surface area contributed by atoms with Crippen LogP contribution in [0, 0.1) is 0 Å². The molecule has 0 aliphatic carbocycles. The van der Waals surface area contributed by atoms with Gasteiger partial charge in [-0.3, -0.25) is 4.57 Å². The van der Waals surface area contributed by atoms with Crippen molar-refractivity contribution in [3.63, 3.8) is 0 Å². The van der Waals surface area contributed by atoms with Crippen LogP contribution in [0.25, 0.3) is 10.9 Å². The molecular formula is C18H24N2O2. The van der Waals surface area contributed by atoms with Crippen LogP contribution in [0.4, 0.5) is 4.79 Å². The summed E-state index contributed by atoms with van der Waals surface area (Å²) < 4.78 is 7.17. The van der Waals surface area contributed by atoms with Crippen LogP contribution in [0.15, 0.2) is 30.5 Å². The molecular weight excluding hydrogens is 276 g/mol. The van der Waals surface area contributed by atoms with Gasteiger partial charge in [-0.1, -0.05) is 18.2 Å². The number of carbonyl (C=O) groups is 1. The van der Waals surface area contributed by atoms with Gasteiger partial charge in [0.2, 0.25) is 0 Å². The predicted molar refractivity (Wildman–Crippen MR) is 88.3 cm³/mol. The van der Waals surface area contributed by atoms with Crippen molar-refractivity contribution in [3.05, 3.63) is 36.0 Å². The maximum Gasteiger partial charge on any atom is 0.419 e. The van der Waals surface area contributed by atoms with E-state index in [1.165, 1.54) is 18.4 Å². The van der Waals surface area contributed by atoms with Gasteiger partial charge in [-0.25, -0.2) is 4.79 Å². The number of rotatable bonds is 2. The largest absolute Gasteiger partial charge is 0.443 e. The molecule has 2 heterocycles. The topological polar surface area (TPSA) is 43.3 Å². The molecule has 22 heavy (non-hydrogen) atoms. The van der Waals surface area contributed by atoms with E-state index < -0.39 is 5.60 Å². The number of benzene rings is 1. The zero-order chi connectivity index (χ0) is 15.7. The number of nitrogens with one attached hydrogen (secondary N) is 1. The molecule has 1 aliphatic rings. The lowest BCUT2D eigenvalue weighted by molar-refractivity contribution is 0.0544. The fourth-order valence-corrected chi connectivity index (χ4v) is 3.07. The van der Waals surface area contributed by atoms with Gasteiger partial charge in [0, 0.05) is 17.6 Å². The minimum Gasteiger partial charge on any atom is -0.443 e. The highest BCUT2D eigenvalue weighted by molar-refractivity contribution is 5.92. The Morgan fingerprint density at radius 2 is 2.14 bits per heavy atom. The molecule has 1 N–H and O–H groups in total. The molecule has 0 amide bonds. The summed E-state index contributed by atoms with van der Waals surface area (Å²) >= 11 is 0. The molecule has 1 aliphatic heterocycles. The molecule has 0 bridgehead atoms. The van der Waals surface area contributed by atoms with Gasteiger partial charge in [0.15, 0.2) is 0 Å². The highest BCUT2D eigenvalue weighted by Crippen LogP contribution is 2.25. The summed E-state index contributed by atoms with van der Waals surface area (Å²) in [5.41, 5.74) is 1.64. The van der Waals surface area contributed by atoms with Gasteiger partial charge in [0.1, 0.15) is 5.60 Å². The molecule has 4 heteroatoms.